The monoisotopic (exact) mass is 324 g/mol. The average Bonchev–Trinajstić information content (AvgIpc) is 2.97. The van der Waals surface area contributed by atoms with E-state index in [1.165, 1.54) is 19.3 Å². The predicted molar refractivity (Wildman–Crippen MR) is 90.0 cm³/mol. The zero-order chi connectivity index (χ0) is 16.8. The van der Waals surface area contributed by atoms with Crippen molar-refractivity contribution < 1.29 is 14.3 Å². The molecule has 0 aromatic carbocycles. The van der Waals surface area contributed by atoms with E-state index in [2.05, 4.69) is 10.2 Å². The van der Waals surface area contributed by atoms with Gasteiger partial charge in [-0.3, -0.25) is 14.9 Å². The molecule has 0 bridgehead atoms. The van der Waals surface area contributed by atoms with E-state index in [1.54, 1.807) is 0 Å². The summed E-state index contributed by atoms with van der Waals surface area (Å²) in [6, 6.07) is -0.298. The molecule has 1 heterocycles. The molecule has 0 unspecified atom stereocenters. The van der Waals surface area contributed by atoms with Gasteiger partial charge in [0.15, 0.2) is 0 Å². The molecule has 2 aliphatic rings. The number of rotatable bonds is 7. The molecule has 1 aliphatic carbocycles. The van der Waals surface area contributed by atoms with E-state index in [1.807, 2.05) is 20.8 Å². The summed E-state index contributed by atoms with van der Waals surface area (Å²) in [4.78, 5) is 26.9. The number of carbonyl (C=O) groups excluding carboxylic acids is 2. The van der Waals surface area contributed by atoms with Crippen molar-refractivity contribution in [2.24, 2.45) is 5.92 Å². The maximum Gasteiger partial charge on any atom is 0.323 e. The third-order valence-electron chi connectivity index (χ3n) is 5.26. The fourth-order valence-corrected chi connectivity index (χ4v) is 4.10. The normalized spacial score (nSPS) is 26.5. The molecule has 2 rings (SSSR count). The first-order valence-electron chi connectivity index (χ1n) is 9.31. The van der Waals surface area contributed by atoms with E-state index in [9.17, 15) is 9.59 Å². The van der Waals surface area contributed by atoms with Crippen LogP contribution in [0.4, 0.5) is 0 Å². The second-order valence-corrected chi connectivity index (χ2v) is 6.91. The Kier molecular flexibility index (Phi) is 6.88. The molecule has 1 N–H and O–H groups in total. The molecule has 1 amide bonds. The van der Waals surface area contributed by atoms with Crippen LogP contribution in [-0.4, -0.2) is 48.1 Å². The second kappa shape index (κ2) is 8.67. The molecule has 5 nitrogen and oxygen atoms in total. The number of carbonyl (C=O) groups is 2. The van der Waals surface area contributed by atoms with Gasteiger partial charge in [0.1, 0.15) is 6.04 Å². The minimum absolute atomic E-state index is 0.143. The molecule has 0 radical (unpaired) electrons. The summed E-state index contributed by atoms with van der Waals surface area (Å²) >= 11 is 0. The van der Waals surface area contributed by atoms with Gasteiger partial charge in [-0.1, -0.05) is 26.2 Å². The summed E-state index contributed by atoms with van der Waals surface area (Å²) in [7, 11) is 0. The molecular formula is C18H32N2O3. The summed E-state index contributed by atoms with van der Waals surface area (Å²) < 4.78 is 5.12. The average molecular weight is 324 g/mol. The highest BCUT2D eigenvalue weighted by Gasteiger charge is 2.39. The van der Waals surface area contributed by atoms with Crippen LogP contribution in [0.15, 0.2) is 0 Å². The van der Waals surface area contributed by atoms with Gasteiger partial charge in [-0.2, -0.15) is 0 Å². The highest BCUT2D eigenvalue weighted by Crippen LogP contribution is 2.36. The second-order valence-electron chi connectivity index (χ2n) is 6.91. The summed E-state index contributed by atoms with van der Waals surface area (Å²) in [5.74, 6) is 0.590. The minimum atomic E-state index is -0.386. The number of nitrogens with zero attached hydrogens (tertiary/aromatic N) is 1. The van der Waals surface area contributed by atoms with Crippen LogP contribution >= 0.6 is 0 Å². The van der Waals surface area contributed by atoms with E-state index in [4.69, 9.17) is 4.74 Å². The Balaban J connectivity index is 1.94. The third-order valence-corrected chi connectivity index (χ3v) is 5.26. The molecule has 0 aromatic heterocycles. The van der Waals surface area contributed by atoms with Crippen molar-refractivity contribution in [1.29, 1.82) is 0 Å². The lowest BCUT2D eigenvalue weighted by Gasteiger charge is -2.34. The molecule has 132 valence electrons. The standard InChI is InChI=1S/C18H32N2O3/c1-4-8-15(18(22)23-5-2)19-13(3)17(21)20-12-11-14-9-6-7-10-16(14)20/h13-16,19H,4-12H2,1-3H3/t13-,14+,15-,16+/m1/s1. The van der Waals surface area contributed by atoms with Gasteiger partial charge in [0, 0.05) is 12.6 Å². The van der Waals surface area contributed by atoms with E-state index in [-0.39, 0.29) is 24.0 Å². The van der Waals surface area contributed by atoms with Crippen LogP contribution in [0.3, 0.4) is 0 Å². The number of likely N-dealkylation sites (tertiary alicyclic amines) is 1. The number of esters is 1. The quantitative estimate of drug-likeness (QED) is 0.731. The Morgan fingerprint density at radius 3 is 2.65 bits per heavy atom. The summed E-state index contributed by atoms with van der Waals surface area (Å²) in [6.07, 6.45) is 7.65. The fourth-order valence-electron chi connectivity index (χ4n) is 4.10. The highest BCUT2D eigenvalue weighted by atomic mass is 16.5. The predicted octanol–water partition coefficient (Wildman–Crippen LogP) is 2.49. The zero-order valence-corrected chi connectivity index (χ0v) is 14.8. The number of nitrogens with one attached hydrogen (secondary N) is 1. The molecule has 1 aliphatic heterocycles. The molecule has 2 fully saturated rings. The minimum Gasteiger partial charge on any atom is -0.465 e. The van der Waals surface area contributed by atoms with Crippen molar-refractivity contribution in [3.05, 3.63) is 0 Å². The smallest absolute Gasteiger partial charge is 0.323 e. The number of fused-ring (bicyclic) bond motifs is 1. The number of ether oxygens (including phenoxy) is 1. The molecular weight excluding hydrogens is 292 g/mol. The van der Waals surface area contributed by atoms with Gasteiger partial charge in [0.2, 0.25) is 5.91 Å². The summed E-state index contributed by atoms with van der Waals surface area (Å²) in [6.45, 7) is 6.97. The molecule has 1 saturated carbocycles. The van der Waals surface area contributed by atoms with Crippen molar-refractivity contribution in [1.82, 2.24) is 10.2 Å². The third kappa shape index (κ3) is 4.46. The molecule has 4 atom stereocenters. The first-order valence-corrected chi connectivity index (χ1v) is 9.31. The Hall–Kier alpha value is -1.10. The van der Waals surface area contributed by atoms with Crippen LogP contribution < -0.4 is 5.32 Å². The van der Waals surface area contributed by atoms with Gasteiger partial charge in [0.25, 0.3) is 0 Å². The van der Waals surface area contributed by atoms with E-state index in [0.29, 0.717) is 25.0 Å². The molecule has 0 aromatic rings. The van der Waals surface area contributed by atoms with E-state index < -0.39 is 0 Å². The van der Waals surface area contributed by atoms with Gasteiger partial charge >= 0.3 is 5.97 Å². The molecule has 23 heavy (non-hydrogen) atoms. The van der Waals surface area contributed by atoms with Crippen LogP contribution in [0, 0.1) is 5.92 Å². The molecule has 1 saturated heterocycles. The van der Waals surface area contributed by atoms with Gasteiger partial charge in [-0.25, -0.2) is 0 Å². The van der Waals surface area contributed by atoms with Crippen LogP contribution in [0.25, 0.3) is 0 Å². The lowest BCUT2D eigenvalue weighted by Crippen LogP contribution is -2.52. The van der Waals surface area contributed by atoms with Gasteiger partial charge in [-0.05, 0) is 45.4 Å². The van der Waals surface area contributed by atoms with E-state index in [0.717, 1.165) is 25.8 Å². The lowest BCUT2D eigenvalue weighted by atomic mass is 9.85. The largest absolute Gasteiger partial charge is 0.465 e. The summed E-state index contributed by atoms with van der Waals surface area (Å²) in [5, 5.41) is 3.21. The van der Waals surface area contributed by atoms with Crippen LogP contribution in [0.5, 0.6) is 0 Å². The Bertz CT molecular complexity index is 413. The van der Waals surface area contributed by atoms with Crippen molar-refractivity contribution in [2.45, 2.75) is 83.8 Å². The van der Waals surface area contributed by atoms with Gasteiger partial charge in [-0.15, -0.1) is 0 Å². The van der Waals surface area contributed by atoms with Gasteiger partial charge in [0.05, 0.1) is 12.6 Å². The number of amides is 1. The van der Waals surface area contributed by atoms with Crippen molar-refractivity contribution in [3.63, 3.8) is 0 Å². The number of hydrogen-bond donors (Lipinski definition) is 1. The maximum absolute atomic E-state index is 12.8. The lowest BCUT2D eigenvalue weighted by molar-refractivity contribution is -0.146. The first-order chi connectivity index (χ1) is 11.1. The van der Waals surface area contributed by atoms with Crippen molar-refractivity contribution in [2.75, 3.05) is 13.2 Å². The topological polar surface area (TPSA) is 58.6 Å². The fraction of sp³-hybridized carbons (Fsp3) is 0.889. The Morgan fingerprint density at radius 1 is 1.22 bits per heavy atom. The van der Waals surface area contributed by atoms with Crippen LogP contribution in [0.1, 0.15) is 65.7 Å². The van der Waals surface area contributed by atoms with Crippen molar-refractivity contribution in [3.8, 4) is 0 Å². The van der Waals surface area contributed by atoms with Crippen LogP contribution in [0.2, 0.25) is 0 Å². The van der Waals surface area contributed by atoms with Crippen LogP contribution in [-0.2, 0) is 14.3 Å². The number of hydrogen-bond acceptors (Lipinski definition) is 4. The Labute approximate surface area is 140 Å². The SMILES string of the molecule is CCC[C@@H](N[C@H](C)C(=O)N1CC[C@@H]2CCCC[C@@H]21)C(=O)OCC. The first kappa shape index (κ1) is 18.2. The zero-order valence-electron chi connectivity index (χ0n) is 14.8. The molecule has 0 spiro atoms. The highest BCUT2D eigenvalue weighted by molar-refractivity contribution is 5.83. The summed E-state index contributed by atoms with van der Waals surface area (Å²) in [5.41, 5.74) is 0. The van der Waals surface area contributed by atoms with Gasteiger partial charge < -0.3 is 9.64 Å². The maximum atomic E-state index is 12.8. The molecule has 5 heteroatoms. The Morgan fingerprint density at radius 2 is 1.96 bits per heavy atom. The van der Waals surface area contributed by atoms with E-state index >= 15 is 0 Å². The van der Waals surface area contributed by atoms with Crippen molar-refractivity contribution >= 4 is 11.9 Å².